The molecular weight excluding hydrogens is 454 g/mol. The van der Waals surface area contributed by atoms with Crippen molar-refractivity contribution in [2.24, 2.45) is 17.0 Å². The molecule has 1 saturated carbocycles. The van der Waals surface area contributed by atoms with Gasteiger partial charge in [-0.3, -0.25) is 4.79 Å². The van der Waals surface area contributed by atoms with Gasteiger partial charge >= 0.3 is 0 Å². The van der Waals surface area contributed by atoms with Crippen molar-refractivity contribution in [2.45, 2.75) is 17.7 Å². The second kappa shape index (κ2) is 7.70. The van der Waals surface area contributed by atoms with E-state index in [9.17, 15) is 13.2 Å². The summed E-state index contributed by atoms with van der Waals surface area (Å²) in [6.45, 7) is 1.72. The third kappa shape index (κ3) is 4.25. The highest BCUT2D eigenvalue weighted by Crippen LogP contribution is 2.45. The Morgan fingerprint density at radius 1 is 1.06 bits per heavy atom. The lowest BCUT2D eigenvalue weighted by Crippen LogP contribution is -2.31. The summed E-state index contributed by atoms with van der Waals surface area (Å²) in [5.41, 5.74) is 2.44. The number of carbonyl (C=O) groups excluding carboxylic acids is 1. The monoisotopic (exact) mass is 473 g/mol. The van der Waals surface area contributed by atoms with Crippen molar-refractivity contribution in [3.63, 3.8) is 0 Å². The summed E-state index contributed by atoms with van der Waals surface area (Å²) in [5.74, 6) is 1.50. The van der Waals surface area contributed by atoms with Crippen molar-refractivity contribution in [2.75, 3.05) is 13.1 Å². The summed E-state index contributed by atoms with van der Waals surface area (Å²) < 4.78 is 23.2. The van der Waals surface area contributed by atoms with Crippen LogP contribution in [0.4, 0.5) is 0 Å². The molecule has 2 N–H and O–H groups in total. The Kier molecular flexibility index (Phi) is 5.13. The Labute approximate surface area is 189 Å². The van der Waals surface area contributed by atoms with Crippen LogP contribution in [0.1, 0.15) is 11.4 Å². The maximum Gasteiger partial charge on any atom is 0.238 e. The molecule has 160 valence electrons. The molecule has 9 heteroatoms. The molecular formula is C22H20ClN3O3S2. The minimum absolute atomic E-state index is 0.0526. The zero-order chi connectivity index (χ0) is 21.8. The lowest BCUT2D eigenvalue weighted by Gasteiger charge is -2.16. The van der Waals surface area contributed by atoms with E-state index in [-0.39, 0.29) is 17.2 Å². The average Bonchev–Trinajstić information content (AvgIpc) is 3.14. The van der Waals surface area contributed by atoms with Crippen molar-refractivity contribution in [1.82, 2.24) is 9.88 Å². The van der Waals surface area contributed by atoms with Crippen molar-refractivity contribution < 1.29 is 13.2 Å². The van der Waals surface area contributed by atoms with Gasteiger partial charge in [-0.15, -0.1) is 11.3 Å². The van der Waals surface area contributed by atoms with Crippen LogP contribution in [0.3, 0.4) is 0 Å². The SMILES string of the molecule is NS(=O)(=O)c1ccc(-c2sc(CC(=O)N3CC4CC4C3)nc2-c2ccc(Cl)cc2)cc1. The van der Waals surface area contributed by atoms with Crippen molar-refractivity contribution in [3.8, 4) is 21.7 Å². The minimum Gasteiger partial charge on any atom is -0.342 e. The zero-order valence-corrected chi connectivity index (χ0v) is 18.9. The topological polar surface area (TPSA) is 93.4 Å². The highest BCUT2D eigenvalue weighted by Gasteiger charge is 2.46. The van der Waals surface area contributed by atoms with E-state index in [1.54, 1.807) is 24.3 Å². The van der Waals surface area contributed by atoms with E-state index in [0.717, 1.165) is 39.8 Å². The van der Waals surface area contributed by atoms with Crippen LogP contribution in [0.5, 0.6) is 0 Å². The number of carbonyl (C=O) groups is 1. The molecule has 2 aliphatic rings. The van der Waals surface area contributed by atoms with Gasteiger partial charge in [0.15, 0.2) is 0 Å². The van der Waals surface area contributed by atoms with Gasteiger partial charge in [0.2, 0.25) is 15.9 Å². The number of rotatable bonds is 5. The van der Waals surface area contributed by atoms with Gasteiger partial charge in [-0.25, -0.2) is 18.5 Å². The maximum absolute atomic E-state index is 12.8. The first-order chi connectivity index (χ1) is 14.8. The standard InChI is InChI=1S/C22H20ClN3O3S2/c23-17-5-1-13(2-6-17)21-22(14-3-7-18(8-4-14)31(24,28)29)30-19(25-21)10-20(27)26-11-15-9-16(15)12-26/h1-8,15-16H,9-12H2,(H2,24,28,29). The van der Waals surface area contributed by atoms with Crippen LogP contribution < -0.4 is 5.14 Å². The molecule has 2 heterocycles. The molecule has 31 heavy (non-hydrogen) atoms. The molecule has 0 spiro atoms. The Morgan fingerprint density at radius 2 is 1.68 bits per heavy atom. The number of fused-ring (bicyclic) bond motifs is 1. The molecule has 2 atom stereocenters. The smallest absolute Gasteiger partial charge is 0.238 e. The first-order valence-corrected chi connectivity index (χ1v) is 12.7. The molecule has 6 nitrogen and oxygen atoms in total. The number of nitrogens with two attached hydrogens (primary N) is 1. The number of thiazole rings is 1. The van der Waals surface area contributed by atoms with Crippen LogP contribution in [0.2, 0.25) is 5.02 Å². The first kappa shape index (κ1) is 20.6. The number of halogens is 1. The van der Waals surface area contributed by atoms with E-state index < -0.39 is 10.0 Å². The Hall–Kier alpha value is -2.26. The molecule has 2 aromatic carbocycles. The third-order valence-corrected chi connectivity index (χ3v) is 8.15. The van der Waals surface area contributed by atoms with Crippen molar-refractivity contribution in [3.05, 3.63) is 58.6 Å². The number of nitrogens with zero attached hydrogens (tertiary/aromatic N) is 2. The summed E-state index contributed by atoms with van der Waals surface area (Å²) in [6, 6.07) is 13.8. The number of amides is 1. The van der Waals surface area contributed by atoms with Gasteiger partial charge in [-0.2, -0.15) is 0 Å². The average molecular weight is 474 g/mol. The quantitative estimate of drug-likeness (QED) is 0.609. The van der Waals surface area contributed by atoms with Crippen LogP contribution in [0, 0.1) is 11.8 Å². The Morgan fingerprint density at radius 3 is 2.29 bits per heavy atom. The fourth-order valence-electron chi connectivity index (χ4n) is 4.08. The van der Waals surface area contributed by atoms with Crippen LogP contribution in [0.25, 0.3) is 21.7 Å². The molecule has 5 rings (SSSR count). The third-order valence-electron chi connectivity index (χ3n) is 5.87. The number of aromatic nitrogens is 1. The van der Waals surface area contributed by atoms with Crippen molar-refractivity contribution >= 4 is 38.9 Å². The molecule has 3 aromatic rings. The predicted octanol–water partition coefficient (Wildman–Crippen LogP) is 3.80. The summed E-state index contributed by atoms with van der Waals surface area (Å²) in [5, 5.41) is 6.58. The van der Waals surface area contributed by atoms with Crippen LogP contribution in [-0.4, -0.2) is 37.3 Å². The maximum atomic E-state index is 12.8. The normalized spacial score (nSPS) is 20.0. The van der Waals surface area contributed by atoms with E-state index in [4.69, 9.17) is 21.7 Å². The zero-order valence-electron chi connectivity index (χ0n) is 16.5. The molecule has 2 unspecified atom stereocenters. The lowest BCUT2D eigenvalue weighted by molar-refractivity contribution is -0.129. The summed E-state index contributed by atoms with van der Waals surface area (Å²) >= 11 is 7.49. The number of hydrogen-bond acceptors (Lipinski definition) is 5. The summed E-state index contributed by atoms with van der Waals surface area (Å²) in [4.78, 5) is 20.4. The number of likely N-dealkylation sites (tertiary alicyclic amines) is 1. The number of benzene rings is 2. The fraction of sp³-hybridized carbons (Fsp3) is 0.273. The van der Waals surface area contributed by atoms with E-state index in [1.165, 1.54) is 29.9 Å². The number of sulfonamides is 1. The molecule has 1 saturated heterocycles. The Balaban J connectivity index is 1.49. The van der Waals surface area contributed by atoms with Gasteiger partial charge in [0.1, 0.15) is 5.01 Å². The fourth-order valence-corrected chi connectivity index (χ4v) is 5.80. The van der Waals surface area contributed by atoms with Gasteiger partial charge in [-0.05, 0) is 48.1 Å². The van der Waals surface area contributed by atoms with Crippen LogP contribution in [0.15, 0.2) is 53.4 Å². The minimum atomic E-state index is -3.77. The molecule has 1 amide bonds. The Bertz CT molecular complexity index is 1240. The van der Waals surface area contributed by atoms with Crippen LogP contribution in [-0.2, 0) is 21.2 Å². The van der Waals surface area contributed by atoms with Gasteiger partial charge in [-0.1, -0.05) is 35.9 Å². The summed E-state index contributed by atoms with van der Waals surface area (Å²) in [7, 11) is -3.77. The number of primary sulfonamides is 1. The highest BCUT2D eigenvalue weighted by molar-refractivity contribution is 7.89. The van der Waals surface area contributed by atoms with Crippen LogP contribution >= 0.6 is 22.9 Å². The second-order valence-electron chi connectivity index (χ2n) is 8.09. The highest BCUT2D eigenvalue weighted by atomic mass is 35.5. The molecule has 0 radical (unpaired) electrons. The van der Waals surface area contributed by atoms with E-state index in [1.807, 2.05) is 17.0 Å². The van der Waals surface area contributed by atoms with Gasteiger partial charge in [0.05, 0.1) is 21.9 Å². The molecule has 1 aromatic heterocycles. The van der Waals surface area contributed by atoms with E-state index >= 15 is 0 Å². The van der Waals surface area contributed by atoms with Crippen molar-refractivity contribution in [1.29, 1.82) is 0 Å². The van der Waals surface area contributed by atoms with E-state index in [0.29, 0.717) is 16.9 Å². The molecule has 0 bridgehead atoms. The van der Waals surface area contributed by atoms with E-state index in [2.05, 4.69) is 0 Å². The van der Waals surface area contributed by atoms with Gasteiger partial charge in [0.25, 0.3) is 0 Å². The number of hydrogen-bond donors (Lipinski definition) is 1. The lowest BCUT2D eigenvalue weighted by atomic mass is 10.1. The largest absolute Gasteiger partial charge is 0.342 e. The second-order valence-corrected chi connectivity index (χ2v) is 11.2. The number of piperidine rings is 1. The predicted molar refractivity (Wildman–Crippen MR) is 121 cm³/mol. The molecule has 1 aliphatic carbocycles. The van der Waals surface area contributed by atoms with Gasteiger partial charge in [0, 0.05) is 23.7 Å². The molecule has 2 fully saturated rings. The molecule has 1 aliphatic heterocycles. The first-order valence-electron chi connectivity index (χ1n) is 9.94. The van der Waals surface area contributed by atoms with Gasteiger partial charge < -0.3 is 4.90 Å². The summed E-state index contributed by atoms with van der Waals surface area (Å²) in [6.07, 6.45) is 1.51.